The number of aromatic nitrogens is 1. The van der Waals surface area contributed by atoms with Crippen molar-refractivity contribution in [3.8, 4) is 0 Å². The van der Waals surface area contributed by atoms with Gasteiger partial charge in [0.25, 0.3) is 0 Å². The first-order valence-electron chi connectivity index (χ1n) is 10.4. The molecule has 0 atom stereocenters. The zero-order chi connectivity index (χ0) is 22.3. The van der Waals surface area contributed by atoms with Gasteiger partial charge in [0.2, 0.25) is 5.91 Å². The summed E-state index contributed by atoms with van der Waals surface area (Å²) in [6.45, 7) is 3.10. The minimum absolute atomic E-state index is 0.129. The number of nitrogens with zero attached hydrogens (tertiary/aromatic N) is 2. The summed E-state index contributed by atoms with van der Waals surface area (Å²) in [6.07, 6.45) is 0.240. The van der Waals surface area contributed by atoms with E-state index in [9.17, 15) is 9.18 Å². The Balaban J connectivity index is 1.49. The molecule has 0 radical (unpaired) electrons. The molecule has 0 saturated carbocycles. The Morgan fingerprint density at radius 2 is 1.69 bits per heavy atom. The Morgan fingerprint density at radius 3 is 2.41 bits per heavy atom. The second-order valence-corrected chi connectivity index (χ2v) is 7.93. The number of rotatable bonds is 7. The largest absolute Gasteiger partial charge is 0.378 e. The molecule has 4 rings (SSSR count). The summed E-state index contributed by atoms with van der Waals surface area (Å²) in [7, 11) is 0. The summed E-state index contributed by atoms with van der Waals surface area (Å²) in [4.78, 5) is 19.5. The van der Waals surface area contributed by atoms with E-state index < -0.39 is 0 Å². The third kappa shape index (κ3) is 5.96. The Bertz CT molecular complexity index is 1050. The molecule has 8 heteroatoms. The molecule has 2 heterocycles. The number of hydrogen-bond acceptors (Lipinski definition) is 5. The predicted molar refractivity (Wildman–Crippen MR) is 125 cm³/mol. The highest BCUT2D eigenvalue weighted by Crippen LogP contribution is 2.27. The van der Waals surface area contributed by atoms with Gasteiger partial charge in [-0.15, -0.1) is 0 Å². The van der Waals surface area contributed by atoms with Crippen molar-refractivity contribution in [3.05, 3.63) is 82.6 Å². The second kappa shape index (κ2) is 10.4. The number of morpholine rings is 1. The Kier molecular flexibility index (Phi) is 7.19. The standard InChI is InChI=1S/C24H24ClFN4O2/c25-19-5-1-17(2-6-19)15-23(31)28-21-9-10-22(27-16-18-3-7-20(26)8-4-18)29-24(21)30-11-13-32-14-12-30/h1-10H,11-16H2,(H,27,29)(H,28,31). The number of benzene rings is 2. The van der Waals surface area contributed by atoms with Crippen molar-refractivity contribution in [2.45, 2.75) is 13.0 Å². The van der Waals surface area contributed by atoms with Crippen LogP contribution in [0.3, 0.4) is 0 Å². The van der Waals surface area contributed by atoms with Crippen molar-refractivity contribution in [3.63, 3.8) is 0 Å². The van der Waals surface area contributed by atoms with Crippen LogP contribution in [-0.4, -0.2) is 37.2 Å². The molecule has 1 aromatic heterocycles. The van der Waals surface area contributed by atoms with Crippen molar-refractivity contribution in [2.24, 2.45) is 0 Å². The molecule has 1 amide bonds. The normalized spacial score (nSPS) is 13.6. The highest BCUT2D eigenvalue weighted by Gasteiger charge is 2.18. The van der Waals surface area contributed by atoms with Crippen LogP contribution in [0.4, 0.5) is 21.7 Å². The van der Waals surface area contributed by atoms with E-state index >= 15 is 0 Å². The number of carbonyl (C=O) groups is 1. The van der Waals surface area contributed by atoms with Gasteiger partial charge in [-0.25, -0.2) is 9.37 Å². The second-order valence-electron chi connectivity index (χ2n) is 7.50. The lowest BCUT2D eigenvalue weighted by molar-refractivity contribution is -0.115. The maximum atomic E-state index is 13.1. The molecule has 6 nitrogen and oxygen atoms in total. The average Bonchev–Trinajstić information content (AvgIpc) is 2.81. The summed E-state index contributed by atoms with van der Waals surface area (Å²) in [5.41, 5.74) is 2.48. The fourth-order valence-corrected chi connectivity index (χ4v) is 3.56. The number of halogens is 2. The van der Waals surface area contributed by atoms with Crippen LogP contribution in [0, 0.1) is 5.82 Å². The minimum Gasteiger partial charge on any atom is -0.378 e. The number of anilines is 3. The van der Waals surface area contributed by atoms with Gasteiger partial charge in [-0.1, -0.05) is 35.9 Å². The topological polar surface area (TPSA) is 66.5 Å². The van der Waals surface area contributed by atoms with Crippen molar-refractivity contribution in [1.82, 2.24) is 4.98 Å². The van der Waals surface area contributed by atoms with E-state index in [0.717, 1.165) is 11.1 Å². The van der Waals surface area contributed by atoms with Crippen LogP contribution in [0.5, 0.6) is 0 Å². The van der Waals surface area contributed by atoms with E-state index in [4.69, 9.17) is 21.3 Å². The lowest BCUT2D eigenvalue weighted by Gasteiger charge is -2.29. The Hall–Kier alpha value is -3.16. The van der Waals surface area contributed by atoms with Gasteiger partial charge < -0.3 is 20.3 Å². The molecule has 0 aliphatic carbocycles. The molecule has 1 fully saturated rings. The van der Waals surface area contributed by atoms with Gasteiger partial charge in [0.1, 0.15) is 11.6 Å². The molecule has 2 aromatic carbocycles. The van der Waals surface area contributed by atoms with Crippen molar-refractivity contribution in [2.75, 3.05) is 41.8 Å². The minimum atomic E-state index is -0.264. The Morgan fingerprint density at radius 1 is 1.00 bits per heavy atom. The first kappa shape index (κ1) is 22.0. The lowest BCUT2D eigenvalue weighted by atomic mass is 10.1. The van der Waals surface area contributed by atoms with Crippen molar-refractivity contribution < 1.29 is 13.9 Å². The molecule has 32 heavy (non-hydrogen) atoms. The number of pyridine rings is 1. The average molecular weight is 455 g/mol. The first-order chi connectivity index (χ1) is 15.6. The molecule has 1 aliphatic rings. The van der Waals surface area contributed by atoms with E-state index in [1.54, 1.807) is 24.3 Å². The summed E-state index contributed by atoms with van der Waals surface area (Å²) in [6, 6.07) is 17.2. The maximum absolute atomic E-state index is 13.1. The van der Waals surface area contributed by atoms with Crippen LogP contribution in [0.1, 0.15) is 11.1 Å². The third-order valence-corrected chi connectivity index (χ3v) is 5.38. The van der Waals surface area contributed by atoms with Crippen LogP contribution in [0.25, 0.3) is 0 Å². The fraction of sp³-hybridized carbons (Fsp3) is 0.250. The van der Waals surface area contributed by atoms with Gasteiger partial charge in [0.05, 0.1) is 25.3 Å². The molecule has 1 aliphatic heterocycles. The SMILES string of the molecule is O=C(Cc1ccc(Cl)cc1)Nc1ccc(NCc2ccc(F)cc2)nc1N1CCOCC1. The molecule has 0 spiro atoms. The van der Waals surface area contributed by atoms with Gasteiger partial charge in [-0.2, -0.15) is 0 Å². The van der Waals surface area contributed by atoms with Crippen molar-refractivity contribution >= 4 is 34.8 Å². The van der Waals surface area contributed by atoms with E-state index in [1.807, 2.05) is 24.3 Å². The predicted octanol–water partition coefficient (Wildman–Crippen LogP) is 4.50. The summed E-state index contributed by atoms with van der Waals surface area (Å²) in [5.74, 6) is 0.976. The zero-order valence-corrected chi connectivity index (χ0v) is 18.2. The maximum Gasteiger partial charge on any atom is 0.228 e. The molecular weight excluding hydrogens is 431 g/mol. The van der Waals surface area contributed by atoms with Crippen LogP contribution in [0.15, 0.2) is 60.7 Å². The van der Waals surface area contributed by atoms with Gasteiger partial charge >= 0.3 is 0 Å². The van der Waals surface area contributed by atoms with Gasteiger partial charge in [-0.3, -0.25) is 4.79 Å². The van der Waals surface area contributed by atoms with E-state index in [1.165, 1.54) is 12.1 Å². The smallest absolute Gasteiger partial charge is 0.228 e. The summed E-state index contributed by atoms with van der Waals surface area (Å²) < 4.78 is 18.6. The molecular formula is C24H24ClFN4O2. The van der Waals surface area contributed by atoms with Gasteiger partial charge in [-0.05, 0) is 47.5 Å². The molecule has 3 aromatic rings. The number of nitrogens with one attached hydrogen (secondary N) is 2. The monoisotopic (exact) mass is 454 g/mol. The number of carbonyl (C=O) groups excluding carboxylic acids is 1. The number of amides is 1. The molecule has 166 valence electrons. The first-order valence-corrected chi connectivity index (χ1v) is 10.8. The number of ether oxygens (including phenoxy) is 1. The number of hydrogen-bond donors (Lipinski definition) is 2. The van der Waals surface area contributed by atoms with Crippen LogP contribution < -0.4 is 15.5 Å². The highest BCUT2D eigenvalue weighted by atomic mass is 35.5. The summed E-state index contributed by atoms with van der Waals surface area (Å²) >= 11 is 5.92. The lowest BCUT2D eigenvalue weighted by Crippen LogP contribution is -2.37. The van der Waals surface area contributed by atoms with Crippen LogP contribution in [-0.2, 0) is 22.5 Å². The van der Waals surface area contributed by atoms with Crippen molar-refractivity contribution in [1.29, 1.82) is 0 Å². The van der Waals surface area contributed by atoms with Gasteiger partial charge in [0, 0.05) is 24.7 Å². The van der Waals surface area contributed by atoms with E-state index in [0.29, 0.717) is 55.2 Å². The molecule has 0 unspecified atom stereocenters. The molecule has 2 N–H and O–H groups in total. The van der Waals surface area contributed by atoms with Gasteiger partial charge in [0.15, 0.2) is 5.82 Å². The Labute approximate surface area is 191 Å². The fourth-order valence-electron chi connectivity index (χ4n) is 3.44. The zero-order valence-electron chi connectivity index (χ0n) is 17.5. The molecule has 0 bridgehead atoms. The van der Waals surface area contributed by atoms with Crippen LogP contribution in [0.2, 0.25) is 5.02 Å². The van der Waals surface area contributed by atoms with E-state index in [-0.39, 0.29) is 18.1 Å². The highest BCUT2D eigenvalue weighted by molar-refractivity contribution is 6.30. The van der Waals surface area contributed by atoms with E-state index in [2.05, 4.69) is 15.5 Å². The molecule has 1 saturated heterocycles. The summed E-state index contributed by atoms with van der Waals surface area (Å²) in [5, 5.41) is 6.90. The third-order valence-electron chi connectivity index (χ3n) is 5.12. The van der Waals surface area contributed by atoms with Crippen LogP contribution >= 0.6 is 11.6 Å². The quantitative estimate of drug-likeness (QED) is 0.550.